The second-order valence-electron chi connectivity index (χ2n) is 7.61. The molecule has 0 saturated heterocycles. The van der Waals surface area contributed by atoms with Crippen LogP contribution in [0.3, 0.4) is 0 Å². The molecule has 0 spiro atoms. The number of anilines is 1. The third kappa shape index (κ3) is 5.66. The molecule has 1 aromatic rings. The minimum Gasteiger partial charge on any atom is -0.444 e. The van der Waals surface area contributed by atoms with Gasteiger partial charge in [-0.25, -0.2) is 4.79 Å². The predicted octanol–water partition coefficient (Wildman–Crippen LogP) is 3.21. The van der Waals surface area contributed by atoms with Gasteiger partial charge in [-0.05, 0) is 64.7 Å². The molecule has 25 heavy (non-hydrogen) atoms. The Morgan fingerprint density at radius 3 is 2.48 bits per heavy atom. The van der Waals surface area contributed by atoms with Gasteiger partial charge in [-0.2, -0.15) is 0 Å². The summed E-state index contributed by atoms with van der Waals surface area (Å²) < 4.78 is 5.31. The van der Waals surface area contributed by atoms with Crippen LogP contribution in [0.25, 0.3) is 0 Å². The monoisotopic (exact) mass is 347 g/mol. The van der Waals surface area contributed by atoms with E-state index in [1.54, 1.807) is 7.05 Å². The molecule has 2 unspecified atom stereocenters. The number of hydrogen-bond acceptors (Lipinski definition) is 4. The van der Waals surface area contributed by atoms with Crippen LogP contribution in [0.1, 0.15) is 56.0 Å². The molecule has 2 atom stereocenters. The van der Waals surface area contributed by atoms with E-state index in [-0.39, 0.29) is 24.1 Å². The summed E-state index contributed by atoms with van der Waals surface area (Å²) >= 11 is 0. The molecule has 2 rings (SSSR count). The van der Waals surface area contributed by atoms with Gasteiger partial charge in [0.15, 0.2) is 0 Å². The topological polar surface area (TPSA) is 79.5 Å². The number of carbonyl (C=O) groups excluding carboxylic acids is 2. The Morgan fingerprint density at radius 2 is 1.84 bits per heavy atom. The third-order valence-corrected chi connectivity index (χ3v) is 4.24. The van der Waals surface area contributed by atoms with Crippen molar-refractivity contribution >= 4 is 17.7 Å². The largest absolute Gasteiger partial charge is 0.444 e. The van der Waals surface area contributed by atoms with Crippen molar-refractivity contribution in [3.8, 4) is 0 Å². The van der Waals surface area contributed by atoms with Crippen molar-refractivity contribution < 1.29 is 14.3 Å². The van der Waals surface area contributed by atoms with Crippen LogP contribution in [0.15, 0.2) is 18.2 Å². The molecular formula is C19H29N3O3. The number of aryl methyl sites for hydroxylation is 1. The minimum atomic E-state index is -0.488. The lowest BCUT2D eigenvalue weighted by Gasteiger charge is -2.22. The molecule has 0 radical (unpaired) electrons. The van der Waals surface area contributed by atoms with Gasteiger partial charge in [-0.15, -0.1) is 0 Å². The molecule has 138 valence electrons. The lowest BCUT2D eigenvalue weighted by molar-refractivity contribution is 0.0505. The number of alkyl carbamates (subject to hydrolysis) is 1. The number of hydrogen-bond donors (Lipinski definition) is 3. The highest BCUT2D eigenvalue weighted by molar-refractivity contribution is 5.95. The van der Waals surface area contributed by atoms with E-state index in [2.05, 4.69) is 16.0 Å². The second kappa shape index (κ2) is 7.76. The van der Waals surface area contributed by atoms with Crippen molar-refractivity contribution in [3.63, 3.8) is 0 Å². The van der Waals surface area contributed by atoms with Gasteiger partial charge in [-0.3, -0.25) is 4.79 Å². The van der Waals surface area contributed by atoms with E-state index in [1.807, 2.05) is 45.9 Å². The lowest BCUT2D eigenvalue weighted by atomic mass is 10.1. The number of benzene rings is 1. The van der Waals surface area contributed by atoms with E-state index in [0.717, 1.165) is 30.5 Å². The minimum absolute atomic E-state index is 0.0982. The predicted molar refractivity (Wildman–Crippen MR) is 99.0 cm³/mol. The Labute approximate surface area is 149 Å². The molecule has 1 aliphatic rings. The molecule has 0 aliphatic heterocycles. The average molecular weight is 347 g/mol. The highest BCUT2D eigenvalue weighted by Gasteiger charge is 2.28. The maximum absolute atomic E-state index is 11.9. The van der Waals surface area contributed by atoms with Crippen LogP contribution >= 0.6 is 0 Å². The molecule has 6 heteroatoms. The molecule has 1 aromatic carbocycles. The summed E-state index contributed by atoms with van der Waals surface area (Å²) in [4.78, 5) is 23.7. The van der Waals surface area contributed by atoms with Gasteiger partial charge in [0.2, 0.25) is 0 Å². The van der Waals surface area contributed by atoms with Gasteiger partial charge < -0.3 is 20.7 Å². The van der Waals surface area contributed by atoms with Crippen molar-refractivity contribution in [1.29, 1.82) is 0 Å². The van der Waals surface area contributed by atoms with Crippen molar-refractivity contribution in [2.75, 3.05) is 12.4 Å². The first-order chi connectivity index (χ1) is 11.7. The van der Waals surface area contributed by atoms with Crippen LogP contribution in [-0.2, 0) is 4.74 Å². The Kier molecular flexibility index (Phi) is 5.93. The Morgan fingerprint density at radius 1 is 1.16 bits per heavy atom. The first-order valence-electron chi connectivity index (χ1n) is 8.76. The molecule has 1 saturated carbocycles. The molecule has 0 bridgehead atoms. The summed E-state index contributed by atoms with van der Waals surface area (Å²) in [7, 11) is 1.62. The Balaban J connectivity index is 1.93. The molecule has 3 N–H and O–H groups in total. The van der Waals surface area contributed by atoms with Gasteiger partial charge in [0.05, 0.1) is 0 Å². The third-order valence-electron chi connectivity index (χ3n) is 4.24. The van der Waals surface area contributed by atoms with Gasteiger partial charge in [-0.1, -0.05) is 6.07 Å². The SMILES string of the molecule is CNC(=O)c1ccc(C)c(NC2CCC(NC(=O)OC(C)(C)C)C2)c1. The Hall–Kier alpha value is -2.24. The molecule has 2 amide bonds. The van der Waals surface area contributed by atoms with Crippen LogP contribution in [0.4, 0.5) is 10.5 Å². The number of amides is 2. The average Bonchev–Trinajstić information content (AvgIpc) is 2.93. The van der Waals surface area contributed by atoms with E-state index in [1.165, 1.54) is 0 Å². The normalized spacial score (nSPS) is 20.0. The lowest BCUT2D eigenvalue weighted by Crippen LogP contribution is -2.38. The highest BCUT2D eigenvalue weighted by Crippen LogP contribution is 2.26. The van der Waals surface area contributed by atoms with Crippen LogP contribution < -0.4 is 16.0 Å². The maximum atomic E-state index is 11.9. The zero-order chi connectivity index (χ0) is 18.6. The van der Waals surface area contributed by atoms with Gasteiger partial charge in [0.25, 0.3) is 5.91 Å². The van der Waals surface area contributed by atoms with Crippen molar-refractivity contribution in [2.45, 2.75) is 64.6 Å². The van der Waals surface area contributed by atoms with Gasteiger partial charge in [0, 0.05) is 30.4 Å². The summed E-state index contributed by atoms with van der Waals surface area (Å²) in [6.07, 6.45) is 2.34. The maximum Gasteiger partial charge on any atom is 0.407 e. The van der Waals surface area contributed by atoms with Crippen LogP contribution in [0, 0.1) is 6.92 Å². The van der Waals surface area contributed by atoms with E-state index < -0.39 is 5.60 Å². The fourth-order valence-electron chi connectivity index (χ4n) is 3.00. The van der Waals surface area contributed by atoms with Crippen molar-refractivity contribution in [3.05, 3.63) is 29.3 Å². The zero-order valence-corrected chi connectivity index (χ0v) is 15.7. The van der Waals surface area contributed by atoms with Crippen molar-refractivity contribution in [1.82, 2.24) is 10.6 Å². The fourth-order valence-corrected chi connectivity index (χ4v) is 3.00. The first-order valence-corrected chi connectivity index (χ1v) is 8.76. The smallest absolute Gasteiger partial charge is 0.407 e. The molecular weight excluding hydrogens is 318 g/mol. The van der Waals surface area contributed by atoms with E-state index in [9.17, 15) is 9.59 Å². The number of nitrogens with one attached hydrogen (secondary N) is 3. The molecule has 0 heterocycles. The number of ether oxygens (including phenoxy) is 1. The van der Waals surface area contributed by atoms with E-state index in [4.69, 9.17) is 4.74 Å². The summed E-state index contributed by atoms with van der Waals surface area (Å²) in [6.45, 7) is 7.58. The van der Waals surface area contributed by atoms with E-state index in [0.29, 0.717) is 5.56 Å². The van der Waals surface area contributed by atoms with Crippen LogP contribution in [-0.4, -0.2) is 36.7 Å². The molecule has 1 fully saturated rings. The van der Waals surface area contributed by atoms with Gasteiger partial charge in [0.1, 0.15) is 5.60 Å². The van der Waals surface area contributed by atoms with Crippen molar-refractivity contribution in [2.24, 2.45) is 0 Å². The summed E-state index contributed by atoms with van der Waals surface area (Å²) in [5.74, 6) is -0.0982. The number of rotatable bonds is 4. The molecule has 1 aliphatic carbocycles. The zero-order valence-electron chi connectivity index (χ0n) is 15.7. The highest BCUT2D eigenvalue weighted by atomic mass is 16.6. The van der Waals surface area contributed by atoms with E-state index >= 15 is 0 Å². The summed E-state index contributed by atoms with van der Waals surface area (Å²) in [6, 6.07) is 6.01. The number of carbonyl (C=O) groups is 2. The Bertz CT molecular complexity index is 637. The second-order valence-corrected chi connectivity index (χ2v) is 7.61. The molecule has 0 aromatic heterocycles. The fraction of sp³-hybridized carbons (Fsp3) is 0.579. The summed E-state index contributed by atoms with van der Waals surface area (Å²) in [5.41, 5.74) is 2.20. The standard InChI is InChI=1S/C19H29N3O3/c1-12-6-7-13(17(23)20-5)10-16(12)21-14-8-9-15(11-14)22-18(24)25-19(2,3)4/h6-7,10,14-15,21H,8-9,11H2,1-5H3,(H,20,23)(H,22,24). The molecule has 6 nitrogen and oxygen atoms in total. The summed E-state index contributed by atoms with van der Waals surface area (Å²) in [5, 5.41) is 9.09. The first kappa shape index (κ1) is 19.1. The van der Waals surface area contributed by atoms with Crippen LogP contribution in [0.2, 0.25) is 0 Å². The quantitative estimate of drug-likeness (QED) is 0.781. The van der Waals surface area contributed by atoms with Gasteiger partial charge >= 0.3 is 6.09 Å². The van der Waals surface area contributed by atoms with Crippen LogP contribution in [0.5, 0.6) is 0 Å².